The van der Waals surface area contributed by atoms with E-state index in [1.165, 1.54) is 32.1 Å². The maximum atomic E-state index is 11.8. The molecule has 1 aliphatic rings. The summed E-state index contributed by atoms with van der Waals surface area (Å²) in [5, 5.41) is 6.18. The Morgan fingerprint density at radius 1 is 1.15 bits per heavy atom. The highest BCUT2D eigenvalue weighted by molar-refractivity contribution is 5.81. The average Bonchev–Trinajstić information content (AvgIpc) is 2.44. The topological polar surface area (TPSA) is 50.4 Å². The van der Waals surface area contributed by atoms with Crippen molar-refractivity contribution in [3.63, 3.8) is 0 Å². The number of carbonyl (C=O) groups excluding carboxylic acids is 1. The van der Waals surface area contributed by atoms with Crippen molar-refractivity contribution in [3.8, 4) is 0 Å². The SMILES string of the molecule is CC(C)CCNC(=O)C(C)NCCOC1CCCCC1. The molecule has 1 rings (SSSR count). The third-order valence-electron chi connectivity index (χ3n) is 3.87. The van der Waals surface area contributed by atoms with E-state index in [0.717, 1.165) is 19.5 Å². The Balaban J connectivity index is 2.00. The van der Waals surface area contributed by atoms with Crippen LogP contribution >= 0.6 is 0 Å². The van der Waals surface area contributed by atoms with Crippen LogP contribution in [0, 0.1) is 5.92 Å². The van der Waals surface area contributed by atoms with E-state index in [0.29, 0.717) is 18.6 Å². The zero-order chi connectivity index (χ0) is 14.8. The Bertz CT molecular complexity index is 263. The van der Waals surface area contributed by atoms with Gasteiger partial charge < -0.3 is 15.4 Å². The van der Waals surface area contributed by atoms with Gasteiger partial charge >= 0.3 is 0 Å². The molecule has 2 N–H and O–H groups in total. The average molecular weight is 284 g/mol. The number of nitrogens with one attached hydrogen (secondary N) is 2. The van der Waals surface area contributed by atoms with Crippen molar-refractivity contribution < 1.29 is 9.53 Å². The minimum Gasteiger partial charge on any atom is -0.377 e. The fourth-order valence-electron chi connectivity index (χ4n) is 2.46. The van der Waals surface area contributed by atoms with E-state index in [-0.39, 0.29) is 11.9 Å². The molecule has 0 saturated heterocycles. The van der Waals surface area contributed by atoms with Crippen molar-refractivity contribution in [2.24, 2.45) is 5.92 Å². The van der Waals surface area contributed by atoms with Crippen molar-refractivity contribution in [1.82, 2.24) is 10.6 Å². The molecule has 0 aliphatic heterocycles. The van der Waals surface area contributed by atoms with Crippen LogP contribution in [0.5, 0.6) is 0 Å². The van der Waals surface area contributed by atoms with E-state index in [1.54, 1.807) is 0 Å². The molecule has 0 aromatic carbocycles. The number of ether oxygens (including phenoxy) is 1. The van der Waals surface area contributed by atoms with Crippen molar-refractivity contribution in [3.05, 3.63) is 0 Å². The predicted molar refractivity (Wildman–Crippen MR) is 82.8 cm³/mol. The Morgan fingerprint density at radius 3 is 2.50 bits per heavy atom. The third-order valence-corrected chi connectivity index (χ3v) is 3.87. The molecule has 4 nitrogen and oxygen atoms in total. The summed E-state index contributed by atoms with van der Waals surface area (Å²) in [5.41, 5.74) is 0. The molecule has 20 heavy (non-hydrogen) atoms. The maximum Gasteiger partial charge on any atom is 0.236 e. The lowest BCUT2D eigenvalue weighted by atomic mass is 9.98. The van der Waals surface area contributed by atoms with Crippen molar-refractivity contribution in [2.75, 3.05) is 19.7 Å². The first-order valence-electron chi connectivity index (χ1n) is 8.22. The normalized spacial score (nSPS) is 18.2. The molecular formula is C16H32N2O2. The Kier molecular flexibility index (Phi) is 8.86. The second-order valence-corrected chi connectivity index (χ2v) is 6.28. The van der Waals surface area contributed by atoms with Crippen LogP contribution in [0.1, 0.15) is 59.3 Å². The summed E-state index contributed by atoms with van der Waals surface area (Å²) in [6, 6.07) is -0.142. The lowest BCUT2D eigenvalue weighted by molar-refractivity contribution is -0.122. The van der Waals surface area contributed by atoms with Crippen LogP contribution in [0.4, 0.5) is 0 Å². The number of amides is 1. The first-order valence-corrected chi connectivity index (χ1v) is 8.22. The Morgan fingerprint density at radius 2 is 1.85 bits per heavy atom. The fourth-order valence-corrected chi connectivity index (χ4v) is 2.46. The summed E-state index contributed by atoms with van der Waals surface area (Å²) in [6.45, 7) is 8.45. The van der Waals surface area contributed by atoms with Gasteiger partial charge in [-0.25, -0.2) is 0 Å². The predicted octanol–water partition coefficient (Wildman–Crippen LogP) is 2.48. The number of hydrogen-bond donors (Lipinski definition) is 2. The molecule has 0 aromatic heterocycles. The smallest absolute Gasteiger partial charge is 0.236 e. The van der Waals surface area contributed by atoms with Gasteiger partial charge in [0, 0.05) is 13.1 Å². The molecule has 118 valence electrons. The highest BCUT2D eigenvalue weighted by Crippen LogP contribution is 2.19. The van der Waals surface area contributed by atoms with Gasteiger partial charge in [-0.3, -0.25) is 4.79 Å². The van der Waals surface area contributed by atoms with Crippen LogP contribution in [0.3, 0.4) is 0 Å². The van der Waals surface area contributed by atoms with Crippen molar-refractivity contribution >= 4 is 5.91 Å². The van der Waals surface area contributed by atoms with E-state index in [9.17, 15) is 4.79 Å². The summed E-state index contributed by atoms with van der Waals surface area (Å²) in [4.78, 5) is 11.8. The van der Waals surface area contributed by atoms with Crippen LogP contribution in [-0.2, 0) is 9.53 Å². The Hall–Kier alpha value is -0.610. The lowest BCUT2D eigenvalue weighted by Gasteiger charge is -2.22. The van der Waals surface area contributed by atoms with Gasteiger partial charge in [0.2, 0.25) is 5.91 Å². The summed E-state index contributed by atoms with van der Waals surface area (Å²) in [7, 11) is 0. The Labute approximate surface area is 124 Å². The standard InChI is InChI=1S/C16H32N2O2/c1-13(2)9-10-18-16(19)14(3)17-11-12-20-15-7-5-4-6-8-15/h13-15,17H,4-12H2,1-3H3,(H,18,19). The first-order chi connectivity index (χ1) is 9.59. The molecule has 1 amide bonds. The van der Waals surface area contributed by atoms with E-state index < -0.39 is 0 Å². The van der Waals surface area contributed by atoms with Gasteiger partial charge in [0.05, 0.1) is 18.8 Å². The quantitative estimate of drug-likeness (QED) is 0.640. The van der Waals surface area contributed by atoms with Gasteiger partial charge in [-0.2, -0.15) is 0 Å². The monoisotopic (exact) mass is 284 g/mol. The molecule has 1 aliphatic carbocycles. The van der Waals surface area contributed by atoms with Crippen LogP contribution in [0.2, 0.25) is 0 Å². The maximum absolute atomic E-state index is 11.8. The highest BCUT2D eigenvalue weighted by atomic mass is 16.5. The number of hydrogen-bond acceptors (Lipinski definition) is 3. The summed E-state index contributed by atoms with van der Waals surface area (Å²) in [6.07, 6.45) is 7.83. The van der Waals surface area contributed by atoms with Crippen LogP contribution in [0.25, 0.3) is 0 Å². The molecule has 0 spiro atoms. The van der Waals surface area contributed by atoms with Crippen LogP contribution < -0.4 is 10.6 Å². The molecule has 1 fully saturated rings. The number of rotatable bonds is 9. The van der Waals surface area contributed by atoms with E-state index in [4.69, 9.17) is 4.74 Å². The molecule has 4 heteroatoms. The summed E-state index contributed by atoms with van der Waals surface area (Å²) >= 11 is 0. The van der Waals surface area contributed by atoms with Crippen molar-refractivity contribution in [1.29, 1.82) is 0 Å². The molecule has 1 unspecified atom stereocenters. The molecule has 1 atom stereocenters. The van der Waals surface area contributed by atoms with Gasteiger partial charge in [0.25, 0.3) is 0 Å². The second kappa shape index (κ2) is 10.2. The summed E-state index contributed by atoms with van der Waals surface area (Å²) < 4.78 is 5.83. The van der Waals surface area contributed by atoms with Crippen LogP contribution in [-0.4, -0.2) is 37.7 Å². The molecule has 0 bridgehead atoms. The van der Waals surface area contributed by atoms with E-state index >= 15 is 0 Å². The third kappa shape index (κ3) is 7.85. The van der Waals surface area contributed by atoms with Gasteiger partial charge in [-0.1, -0.05) is 33.1 Å². The van der Waals surface area contributed by atoms with Gasteiger partial charge in [-0.05, 0) is 32.1 Å². The minimum atomic E-state index is -0.142. The van der Waals surface area contributed by atoms with Gasteiger partial charge in [-0.15, -0.1) is 0 Å². The zero-order valence-electron chi connectivity index (χ0n) is 13.4. The van der Waals surface area contributed by atoms with Gasteiger partial charge in [0.15, 0.2) is 0 Å². The summed E-state index contributed by atoms with van der Waals surface area (Å²) in [5.74, 6) is 0.714. The van der Waals surface area contributed by atoms with Gasteiger partial charge in [0.1, 0.15) is 0 Å². The largest absolute Gasteiger partial charge is 0.377 e. The van der Waals surface area contributed by atoms with Crippen molar-refractivity contribution in [2.45, 2.75) is 71.4 Å². The second-order valence-electron chi connectivity index (χ2n) is 6.28. The molecule has 0 radical (unpaired) electrons. The highest BCUT2D eigenvalue weighted by Gasteiger charge is 2.14. The molecule has 1 saturated carbocycles. The van der Waals surface area contributed by atoms with E-state index in [2.05, 4.69) is 24.5 Å². The lowest BCUT2D eigenvalue weighted by Crippen LogP contribution is -2.43. The van der Waals surface area contributed by atoms with E-state index in [1.807, 2.05) is 6.92 Å². The minimum absolute atomic E-state index is 0.0864. The fraction of sp³-hybridized carbons (Fsp3) is 0.938. The molecule has 0 heterocycles. The first kappa shape index (κ1) is 17.4. The molecular weight excluding hydrogens is 252 g/mol. The van der Waals surface area contributed by atoms with Crippen LogP contribution in [0.15, 0.2) is 0 Å². The number of carbonyl (C=O) groups is 1. The molecule has 0 aromatic rings. The zero-order valence-corrected chi connectivity index (χ0v) is 13.4.